The number of alkyl carbamates (subject to hydrolysis) is 1. The second-order valence-corrected chi connectivity index (χ2v) is 8.36. The Morgan fingerprint density at radius 3 is 2.41 bits per heavy atom. The van der Waals surface area contributed by atoms with Gasteiger partial charge in [-0.1, -0.05) is 48.5 Å². The number of carboxylic acids is 1. The zero-order chi connectivity index (χ0) is 22.1. The third-order valence-corrected chi connectivity index (χ3v) is 6.42. The molecule has 1 aromatic heterocycles. The number of fused-ring (bicyclic) bond motifs is 4. The van der Waals surface area contributed by atoms with E-state index in [0.29, 0.717) is 0 Å². The molecule has 2 aliphatic rings. The van der Waals surface area contributed by atoms with Crippen molar-refractivity contribution in [1.29, 1.82) is 0 Å². The van der Waals surface area contributed by atoms with Gasteiger partial charge in [0.05, 0.1) is 18.6 Å². The second kappa shape index (κ2) is 8.49. The summed E-state index contributed by atoms with van der Waals surface area (Å²) in [5.74, 6) is -1.17. The van der Waals surface area contributed by atoms with Crippen LogP contribution in [0.3, 0.4) is 0 Å². The highest BCUT2D eigenvalue weighted by atomic mass is 16.5. The van der Waals surface area contributed by atoms with Crippen LogP contribution in [0.2, 0.25) is 0 Å². The predicted octanol–water partition coefficient (Wildman–Crippen LogP) is 3.75. The average Bonchev–Trinajstić information content (AvgIpc) is 3.36. The standard InChI is InChI=1S/C25H25N3O4/c29-24(30)22(13-28-15-26-21-11-5-6-12-23(21)28)27-25(31)32-14-20-18-9-3-1-7-16(18)17-8-2-4-10-19(17)20/h1-4,7-10,15,20,22H,5-6,11-14H2,(H,27,31)(H,29,30). The molecule has 2 N–H and O–H groups in total. The van der Waals surface area contributed by atoms with Crippen LogP contribution in [0.15, 0.2) is 54.9 Å². The Labute approximate surface area is 186 Å². The highest BCUT2D eigenvalue weighted by molar-refractivity contribution is 5.81. The van der Waals surface area contributed by atoms with Crippen LogP contribution >= 0.6 is 0 Å². The molecule has 7 heteroatoms. The first-order valence-electron chi connectivity index (χ1n) is 11.0. The highest BCUT2D eigenvalue weighted by Gasteiger charge is 2.30. The Hall–Kier alpha value is -3.61. The van der Waals surface area contributed by atoms with E-state index in [9.17, 15) is 14.7 Å². The van der Waals surface area contributed by atoms with Crippen molar-refractivity contribution in [2.24, 2.45) is 0 Å². The Kier molecular flexibility index (Phi) is 5.39. The largest absolute Gasteiger partial charge is 0.480 e. The van der Waals surface area contributed by atoms with Crippen molar-refractivity contribution in [3.8, 4) is 11.1 Å². The van der Waals surface area contributed by atoms with E-state index in [1.54, 1.807) is 6.33 Å². The first-order valence-corrected chi connectivity index (χ1v) is 11.0. The fourth-order valence-electron chi connectivity index (χ4n) is 4.85. The van der Waals surface area contributed by atoms with Gasteiger partial charge in [-0.05, 0) is 47.9 Å². The Bertz CT molecular complexity index is 1120. The van der Waals surface area contributed by atoms with E-state index in [0.717, 1.165) is 59.3 Å². The normalized spacial score (nSPS) is 15.4. The van der Waals surface area contributed by atoms with Crippen LogP contribution in [-0.4, -0.2) is 39.4 Å². The van der Waals surface area contributed by atoms with Gasteiger partial charge in [-0.2, -0.15) is 0 Å². The third kappa shape index (κ3) is 3.75. The first kappa shape index (κ1) is 20.3. The molecular formula is C25H25N3O4. The number of aliphatic carboxylic acids is 1. The van der Waals surface area contributed by atoms with E-state index < -0.39 is 18.1 Å². The van der Waals surface area contributed by atoms with Crippen LogP contribution in [0.25, 0.3) is 11.1 Å². The molecule has 7 nitrogen and oxygen atoms in total. The summed E-state index contributed by atoms with van der Waals surface area (Å²) in [5, 5.41) is 12.2. The van der Waals surface area contributed by atoms with Gasteiger partial charge >= 0.3 is 12.1 Å². The van der Waals surface area contributed by atoms with E-state index >= 15 is 0 Å². The number of rotatable bonds is 6. The highest BCUT2D eigenvalue weighted by Crippen LogP contribution is 2.44. The SMILES string of the molecule is O=C(NC(Cn1cnc2c1CCCC2)C(=O)O)OCC1c2ccccc2-c2ccccc21. The summed E-state index contributed by atoms with van der Waals surface area (Å²) in [7, 11) is 0. The van der Waals surface area contributed by atoms with Crippen LogP contribution in [0.5, 0.6) is 0 Å². The summed E-state index contributed by atoms with van der Waals surface area (Å²) >= 11 is 0. The van der Waals surface area contributed by atoms with Crippen molar-refractivity contribution < 1.29 is 19.4 Å². The molecular weight excluding hydrogens is 406 g/mol. The van der Waals surface area contributed by atoms with Gasteiger partial charge in [0, 0.05) is 11.6 Å². The molecule has 2 aromatic carbocycles. The van der Waals surface area contributed by atoms with E-state index in [4.69, 9.17) is 4.74 Å². The molecule has 1 unspecified atom stereocenters. The lowest BCUT2D eigenvalue weighted by molar-refractivity contribution is -0.139. The van der Waals surface area contributed by atoms with Gasteiger partial charge in [0.15, 0.2) is 0 Å². The van der Waals surface area contributed by atoms with Crippen molar-refractivity contribution in [3.63, 3.8) is 0 Å². The molecule has 32 heavy (non-hydrogen) atoms. The number of aryl methyl sites for hydroxylation is 1. The monoisotopic (exact) mass is 431 g/mol. The van der Waals surface area contributed by atoms with Crippen molar-refractivity contribution in [1.82, 2.24) is 14.9 Å². The van der Waals surface area contributed by atoms with Crippen molar-refractivity contribution >= 4 is 12.1 Å². The maximum absolute atomic E-state index is 12.5. The average molecular weight is 431 g/mol. The van der Waals surface area contributed by atoms with E-state index in [2.05, 4.69) is 22.4 Å². The summed E-state index contributed by atoms with van der Waals surface area (Å²) in [4.78, 5) is 28.8. The number of hydrogen-bond donors (Lipinski definition) is 2. The fourth-order valence-corrected chi connectivity index (χ4v) is 4.85. The molecule has 1 atom stereocenters. The lowest BCUT2D eigenvalue weighted by Crippen LogP contribution is -2.44. The molecule has 0 spiro atoms. The van der Waals surface area contributed by atoms with Crippen LogP contribution in [-0.2, 0) is 28.9 Å². The van der Waals surface area contributed by atoms with Gasteiger partial charge in [-0.15, -0.1) is 0 Å². The number of nitrogens with zero attached hydrogens (tertiary/aromatic N) is 2. The molecule has 1 amide bonds. The zero-order valence-electron chi connectivity index (χ0n) is 17.7. The summed E-state index contributed by atoms with van der Waals surface area (Å²) < 4.78 is 7.36. The van der Waals surface area contributed by atoms with Crippen LogP contribution in [0, 0.1) is 0 Å². The molecule has 1 heterocycles. The topological polar surface area (TPSA) is 93.5 Å². The number of carbonyl (C=O) groups is 2. The minimum absolute atomic E-state index is 0.0721. The summed E-state index contributed by atoms with van der Waals surface area (Å²) in [6, 6.07) is 15.1. The van der Waals surface area contributed by atoms with Crippen molar-refractivity contribution in [3.05, 3.63) is 77.4 Å². The Morgan fingerprint density at radius 2 is 1.72 bits per heavy atom. The van der Waals surface area contributed by atoms with Gasteiger partial charge in [0.25, 0.3) is 0 Å². The maximum atomic E-state index is 12.5. The molecule has 3 aromatic rings. The molecule has 0 fully saturated rings. The molecule has 0 saturated carbocycles. The smallest absolute Gasteiger partial charge is 0.407 e. The number of hydrogen-bond acceptors (Lipinski definition) is 4. The molecule has 0 bridgehead atoms. The van der Waals surface area contributed by atoms with Gasteiger partial charge in [-0.25, -0.2) is 14.6 Å². The summed E-state index contributed by atoms with van der Waals surface area (Å²) in [5.41, 5.74) is 6.61. The fraction of sp³-hybridized carbons (Fsp3) is 0.320. The molecule has 5 rings (SSSR count). The number of nitrogens with one attached hydrogen (secondary N) is 1. The molecule has 2 aliphatic carbocycles. The number of benzene rings is 2. The second-order valence-electron chi connectivity index (χ2n) is 8.36. The Morgan fingerprint density at radius 1 is 1.06 bits per heavy atom. The van der Waals surface area contributed by atoms with Crippen molar-refractivity contribution in [2.45, 2.75) is 44.2 Å². The number of carboxylic acid groups (broad SMARTS) is 1. The van der Waals surface area contributed by atoms with Crippen LogP contribution in [0.1, 0.15) is 41.3 Å². The lowest BCUT2D eigenvalue weighted by Gasteiger charge is -2.19. The maximum Gasteiger partial charge on any atom is 0.407 e. The number of ether oxygens (including phenoxy) is 1. The van der Waals surface area contributed by atoms with Crippen LogP contribution in [0.4, 0.5) is 4.79 Å². The number of imidazole rings is 1. The number of carbonyl (C=O) groups excluding carboxylic acids is 1. The molecule has 0 radical (unpaired) electrons. The third-order valence-electron chi connectivity index (χ3n) is 6.42. The molecule has 0 saturated heterocycles. The van der Waals surface area contributed by atoms with E-state index in [1.807, 2.05) is 41.0 Å². The quantitative estimate of drug-likeness (QED) is 0.620. The summed E-state index contributed by atoms with van der Waals surface area (Å²) in [6.07, 6.45) is 4.91. The van der Waals surface area contributed by atoms with E-state index in [1.165, 1.54) is 0 Å². The molecule has 0 aliphatic heterocycles. The predicted molar refractivity (Wildman–Crippen MR) is 118 cm³/mol. The zero-order valence-corrected chi connectivity index (χ0v) is 17.7. The van der Waals surface area contributed by atoms with E-state index in [-0.39, 0.29) is 19.1 Å². The minimum Gasteiger partial charge on any atom is -0.480 e. The number of aromatic nitrogens is 2. The van der Waals surface area contributed by atoms with Gasteiger partial charge in [0.2, 0.25) is 0 Å². The van der Waals surface area contributed by atoms with Gasteiger partial charge in [-0.3, -0.25) is 0 Å². The van der Waals surface area contributed by atoms with Gasteiger partial charge in [0.1, 0.15) is 12.6 Å². The Balaban J connectivity index is 1.26. The van der Waals surface area contributed by atoms with Gasteiger partial charge < -0.3 is 19.7 Å². The van der Waals surface area contributed by atoms with Crippen molar-refractivity contribution in [2.75, 3.05) is 6.61 Å². The number of amides is 1. The summed E-state index contributed by atoms with van der Waals surface area (Å²) in [6.45, 7) is 0.272. The first-order chi connectivity index (χ1) is 15.6. The minimum atomic E-state index is -1.10. The molecule has 164 valence electrons. The lowest BCUT2D eigenvalue weighted by atomic mass is 9.98. The van der Waals surface area contributed by atoms with Crippen LogP contribution < -0.4 is 5.32 Å².